The summed E-state index contributed by atoms with van der Waals surface area (Å²) in [6.07, 6.45) is 3.57. The molecule has 3 rings (SSSR count). The first-order chi connectivity index (χ1) is 12.5. The number of hydrogen-bond donors (Lipinski definition) is 0. The average Bonchev–Trinajstić information content (AvgIpc) is 3.23. The van der Waals surface area contributed by atoms with Crippen molar-refractivity contribution in [3.63, 3.8) is 0 Å². The van der Waals surface area contributed by atoms with Gasteiger partial charge in [-0.2, -0.15) is 0 Å². The Hall–Kier alpha value is -2.74. The molecule has 0 radical (unpaired) electrons. The van der Waals surface area contributed by atoms with E-state index in [4.69, 9.17) is 9.47 Å². The molecule has 3 heterocycles. The maximum absolute atomic E-state index is 12.6. The first kappa shape index (κ1) is 18.1. The second-order valence-electron chi connectivity index (χ2n) is 6.32. The zero-order valence-corrected chi connectivity index (χ0v) is 14.8. The van der Waals surface area contributed by atoms with Gasteiger partial charge in [-0.1, -0.05) is 0 Å². The number of ketones is 1. The monoisotopic (exact) mass is 359 g/mol. The van der Waals surface area contributed by atoms with E-state index in [1.165, 1.54) is 18.3 Å². The van der Waals surface area contributed by atoms with Crippen molar-refractivity contribution in [2.24, 2.45) is 0 Å². The molecule has 26 heavy (non-hydrogen) atoms. The number of pyridine rings is 1. The molecule has 1 saturated heterocycles. The standard InChI is InChI=1S/C18H21N3O5/c1-12-9-15(13(2)20(12)10-14-5-4-8-25-14)16(22)11-26-17-6-3-7-19-18(17)21(23)24/h3,6-7,9,14H,4-5,8,10-11H2,1-2H3/t14-/m0/s1. The SMILES string of the molecule is Cc1cc(C(=O)COc2cccnc2[N+](=O)[O-])c(C)n1C[C@@H]1CCCO1. The summed E-state index contributed by atoms with van der Waals surface area (Å²) < 4.78 is 13.1. The third-order valence-electron chi connectivity index (χ3n) is 4.57. The molecular formula is C18H21N3O5. The quantitative estimate of drug-likeness (QED) is 0.428. The summed E-state index contributed by atoms with van der Waals surface area (Å²) in [7, 11) is 0. The molecule has 0 bridgehead atoms. The molecule has 0 saturated carbocycles. The average molecular weight is 359 g/mol. The van der Waals surface area contributed by atoms with Crippen LogP contribution in [0.2, 0.25) is 0 Å². The van der Waals surface area contributed by atoms with Crippen LogP contribution < -0.4 is 4.74 Å². The largest absolute Gasteiger partial charge is 0.477 e. The fraction of sp³-hybridized carbons (Fsp3) is 0.444. The molecule has 0 amide bonds. The number of carbonyl (C=O) groups excluding carboxylic acids is 1. The first-order valence-corrected chi connectivity index (χ1v) is 8.51. The molecule has 0 aliphatic carbocycles. The third kappa shape index (κ3) is 3.75. The van der Waals surface area contributed by atoms with E-state index in [9.17, 15) is 14.9 Å². The van der Waals surface area contributed by atoms with E-state index in [0.717, 1.165) is 37.4 Å². The van der Waals surface area contributed by atoms with E-state index in [1.807, 2.05) is 19.9 Å². The number of aromatic nitrogens is 2. The Morgan fingerprint density at radius 3 is 3.00 bits per heavy atom. The highest BCUT2D eigenvalue weighted by molar-refractivity contribution is 5.98. The zero-order chi connectivity index (χ0) is 18.7. The van der Waals surface area contributed by atoms with E-state index in [-0.39, 0.29) is 24.2 Å². The van der Waals surface area contributed by atoms with Gasteiger partial charge in [-0.25, -0.2) is 0 Å². The Bertz CT molecular complexity index is 824. The molecule has 2 aromatic heterocycles. The van der Waals surface area contributed by atoms with Gasteiger partial charge in [0.05, 0.1) is 6.10 Å². The van der Waals surface area contributed by atoms with Crippen LogP contribution in [0, 0.1) is 24.0 Å². The minimum Gasteiger partial charge on any atom is -0.477 e. The van der Waals surface area contributed by atoms with E-state index < -0.39 is 10.7 Å². The second-order valence-corrected chi connectivity index (χ2v) is 6.32. The summed E-state index contributed by atoms with van der Waals surface area (Å²) in [6.45, 7) is 5.07. The number of carbonyl (C=O) groups is 1. The summed E-state index contributed by atoms with van der Waals surface area (Å²) in [5, 5.41) is 11.0. The normalized spacial score (nSPS) is 16.6. The maximum Gasteiger partial charge on any atom is 0.406 e. The number of hydrogen-bond acceptors (Lipinski definition) is 6. The Kier molecular flexibility index (Phi) is 5.32. The van der Waals surface area contributed by atoms with E-state index in [0.29, 0.717) is 5.56 Å². The van der Waals surface area contributed by atoms with Crippen molar-refractivity contribution < 1.29 is 19.2 Å². The lowest BCUT2D eigenvalue weighted by atomic mass is 10.1. The fourth-order valence-corrected chi connectivity index (χ4v) is 3.21. The molecule has 0 N–H and O–H groups in total. The first-order valence-electron chi connectivity index (χ1n) is 8.51. The Balaban J connectivity index is 1.71. The molecule has 0 aromatic carbocycles. The zero-order valence-electron chi connectivity index (χ0n) is 14.8. The number of aryl methyl sites for hydroxylation is 1. The Morgan fingerprint density at radius 1 is 1.50 bits per heavy atom. The maximum atomic E-state index is 12.6. The van der Waals surface area contributed by atoms with Crippen LogP contribution in [0.1, 0.15) is 34.6 Å². The summed E-state index contributed by atoms with van der Waals surface area (Å²) in [5.74, 6) is -0.641. The molecule has 0 unspecified atom stereocenters. The minimum absolute atomic E-state index is 0.0148. The van der Waals surface area contributed by atoms with E-state index in [2.05, 4.69) is 9.55 Å². The van der Waals surface area contributed by atoms with Crippen molar-refractivity contribution in [1.82, 2.24) is 9.55 Å². The van der Waals surface area contributed by atoms with Crippen molar-refractivity contribution >= 4 is 11.6 Å². The molecule has 0 spiro atoms. The molecule has 8 heteroatoms. The van der Waals surface area contributed by atoms with Crippen molar-refractivity contribution in [1.29, 1.82) is 0 Å². The van der Waals surface area contributed by atoms with Gasteiger partial charge in [0, 0.05) is 30.1 Å². The van der Waals surface area contributed by atoms with Crippen molar-refractivity contribution in [3.8, 4) is 5.75 Å². The molecular weight excluding hydrogens is 338 g/mol. The van der Waals surface area contributed by atoms with Crippen LogP contribution in [0.5, 0.6) is 5.75 Å². The number of nitrogens with zero attached hydrogens (tertiary/aromatic N) is 3. The van der Waals surface area contributed by atoms with Gasteiger partial charge < -0.3 is 24.2 Å². The lowest BCUT2D eigenvalue weighted by Crippen LogP contribution is -2.18. The highest BCUT2D eigenvalue weighted by Crippen LogP contribution is 2.24. The van der Waals surface area contributed by atoms with Gasteiger partial charge in [-0.3, -0.25) is 4.79 Å². The minimum atomic E-state index is -0.632. The predicted octanol–water partition coefficient (Wildman–Crippen LogP) is 2.85. The van der Waals surface area contributed by atoms with Crippen molar-refractivity contribution in [2.75, 3.05) is 13.2 Å². The van der Waals surface area contributed by atoms with Gasteiger partial charge in [0.2, 0.25) is 11.5 Å². The smallest absolute Gasteiger partial charge is 0.406 e. The number of nitro groups is 1. The van der Waals surface area contributed by atoms with Crippen LogP contribution in [0.15, 0.2) is 24.4 Å². The summed E-state index contributed by atoms with van der Waals surface area (Å²) in [6, 6.07) is 4.78. The molecule has 138 valence electrons. The van der Waals surface area contributed by atoms with Gasteiger partial charge in [-0.15, -0.1) is 0 Å². The van der Waals surface area contributed by atoms with Crippen LogP contribution >= 0.6 is 0 Å². The van der Waals surface area contributed by atoms with Crippen LogP contribution in [0.25, 0.3) is 0 Å². The highest BCUT2D eigenvalue weighted by Gasteiger charge is 2.22. The molecule has 1 atom stereocenters. The van der Waals surface area contributed by atoms with Gasteiger partial charge in [0.15, 0.2) is 6.61 Å². The summed E-state index contributed by atoms with van der Waals surface area (Å²) in [4.78, 5) is 26.6. The Labute approximate surface area is 150 Å². The summed E-state index contributed by atoms with van der Waals surface area (Å²) in [5.41, 5.74) is 2.40. The van der Waals surface area contributed by atoms with Gasteiger partial charge >= 0.3 is 5.82 Å². The predicted molar refractivity (Wildman–Crippen MR) is 93.6 cm³/mol. The molecule has 1 fully saturated rings. The van der Waals surface area contributed by atoms with E-state index in [1.54, 1.807) is 0 Å². The lowest BCUT2D eigenvalue weighted by molar-refractivity contribution is -0.390. The van der Waals surface area contributed by atoms with Crippen LogP contribution in [0.4, 0.5) is 5.82 Å². The van der Waals surface area contributed by atoms with Gasteiger partial charge in [0.1, 0.15) is 6.20 Å². The second kappa shape index (κ2) is 7.65. The number of ether oxygens (including phenoxy) is 2. The highest BCUT2D eigenvalue weighted by atomic mass is 16.6. The molecule has 2 aromatic rings. The molecule has 8 nitrogen and oxygen atoms in total. The van der Waals surface area contributed by atoms with Gasteiger partial charge in [0.25, 0.3) is 0 Å². The lowest BCUT2D eigenvalue weighted by Gasteiger charge is -2.14. The Morgan fingerprint density at radius 2 is 2.31 bits per heavy atom. The number of rotatable bonds is 7. The van der Waals surface area contributed by atoms with Crippen LogP contribution in [0.3, 0.4) is 0 Å². The third-order valence-corrected chi connectivity index (χ3v) is 4.57. The van der Waals surface area contributed by atoms with Crippen molar-refractivity contribution in [2.45, 2.75) is 39.3 Å². The van der Waals surface area contributed by atoms with Crippen LogP contribution in [-0.4, -0.2) is 39.6 Å². The molecule has 1 aliphatic heterocycles. The van der Waals surface area contributed by atoms with E-state index >= 15 is 0 Å². The molecule has 1 aliphatic rings. The topological polar surface area (TPSA) is 96.5 Å². The van der Waals surface area contributed by atoms with Crippen molar-refractivity contribution in [3.05, 3.63) is 51.5 Å². The van der Waals surface area contributed by atoms with Gasteiger partial charge in [-0.05, 0) is 54.8 Å². The number of Topliss-reactive ketones (excluding diaryl/α,β-unsaturated/α-hetero) is 1. The fourth-order valence-electron chi connectivity index (χ4n) is 3.21. The van der Waals surface area contributed by atoms with Crippen LogP contribution in [-0.2, 0) is 11.3 Å². The summed E-state index contributed by atoms with van der Waals surface area (Å²) >= 11 is 0.